The summed E-state index contributed by atoms with van der Waals surface area (Å²) < 4.78 is 7.64. The number of azide groups is 1. The van der Waals surface area contributed by atoms with Crippen molar-refractivity contribution < 1.29 is 0 Å². The van der Waals surface area contributed by atoms with Crippen molar-refractivity contribution in [2.45, 2.75) is 63.7 Å². The molecule has 2 aliphatic carbocycles. The molecule has 0 bridgehead atoms. The lowest BCUT2D eigenvalue weighted by molar-refractivity contribution is 0.640. The molecule has 0 spiro atoms. The highest BCUT2D eigenvalue weighted by molar-refractivity contribution is 5.43. The van der Waals surface area contributed by atoms with Crippen LogP contribution < -0.4 is 5.73 Å². The predicted molar refractivity (Wildman–Crippen MR) is 153 cm³/mol. The molecule has 0 amide bonds. The maximum Gasteiger partial charge on any atom is 0.137 e. The van der Waals surface area contributed by atoms with Gasteiger partial charge in [0.2, 0.25) is 0 Å². The normalized spacial score (nSPS) is 14.6. The second-order valence-corrected chi connectivity index (χ2v) is 10.9. The van der Waals surface area contributed by atoms with Gasteiger partial charge in [0.05, 0.1) is 48.6 Å². The average molecular weight is 563 g/mol. The molecule has 0 aliphatic heterocycles. The molecule has 2 fully saturated rings. The van der Waals surface area contributed by atoms with E-state index in [9.17, 15) is 0 Å². The summed E-state index contributed by atoms with van der Waals surface area (Å²) in [5, 5.41) is 19.5. The number of nitrogens with two attached hydrogens (primary N) is 1. The molecule has 8 rings (SSSR count). The van der Waals surface area contributed by atoms with Crippen molar-refractivity contribution in [1.82, 2.24) is 48.8 Å². The summed E-state index contributed by atoms with van der Waals surface area (Å²) in [7, 11) is 0. The van der Waals surface area contributed by atoms with Crippen LogP contribution >= 0.6 is 0 Å². The lowest BCUT2D eigenvalue weighted by atomic mass is 10.2. The molecule has 14 nitrogen and oxygen atoms in total. The Balaban J connectivity index is 0.000000138. The van der Waals surface area contributed by atoms with Crippen LogP contribution in [0.4, 0.5) is 0 Å². The summed E-state index contributed by atoms with van der Waals surface area (Å²) in [4.78, 5) is 11.9. The number of hydrogen-bond donors (Lipinski definition) is 1. The fourth-order valence-corrected chi connectivity index (χ4v) is 5.03. The number of rotatable bonds is 9. The predicted octanol–water partition coefficient (Wildman–Crippen LogP) is 3.97. The molecular weight excluding hydrogens is 532 g/mol. The lowest BCUT2D eigenvalue weighted by Gasteiger charge is -1.98. The number of hydrogen-bond acceptors (Lipinski definition) is 8. The van der Waals surface area contributed by atoms with E-state index in [0.717, 1.165) is 40.2 Å². The molecule has 2 aliphatic rings. The minimum Gasteiger partial charge on any atom is -0.325 e. The number of imidazole rings is 2. The summed E-state index contributed by atoms with van der Waals surface area (Å²) in [6.45, 7) is 1.79. The van der Waals surface area contributed by atoms with Crippen LogP contribution in [0.15, 0.2) is 66.6 Å². The van der Waals surface area contributed by atoms with E-state index in [1.54, 1.807) is 15.6 Å². The fourth-order valence-electron chi connectivity index (χ4n) is 5.03. The molecule has 0 unspecified atom stereocenters. The molecule has 14 heteroatoms. The highest BCUT2D eigenvalue weighted by atomic mass is 15.4. The van der Waals surface area contributed by atoms with Crippen molar-refractivity contribution in [2.75, 3.05) is 0 Å². The zero-order chi connectivity index (χ0) is 28.5. The van der Waals surface area contributed by atoms with E-state index in [1.165, 1.54) is 36.8 Å². The summed E-state index contributed by atoms with van der Waals surface area (Å²) >= 11 is 0. The Hall–Kier alpha value is -5.07. The van der Waals surface area contributed by atoms with Crippen molar-refractivity contribution >= 4 is 11.3 Å². The van der Waals surface area contributed by atoms with Crippen molar-refractivity contribution in [3.05, 3.63) is 106 Å². The van der Waals surface area contributed by atoms with E-state index in [0.29, 0.717) is 25.3 Å². The highest BCUT2D eigenvalue weighted by Crippen LogP contribution is 2.40. The van der Waals surface area contributed by atoms with Gasteiger partial charge in [0, 0.05) is 42.4 Å². The molecule has 0 aromatic carbocycles. The fraction of sp³-hybridized carbons (Fsp3) is 0.357. The van der Waals surface area contributed by atoms with E-state index < -0.39 is 0 Å². The van der Waals surface area contributed by atoms with Crippen LogP contribution in [0.2, 0.25) is 0 Å². The number of aromatic nitrogens is 10. The average Bonchev–Trinajstić information content (AvgIpc) is 3.85. The van der Waals surface area contributed by atoms with Crippen LogP contribution in [0, 0.1) is 0 Å². The third kappa shape index (κ3) is 5.85. The summed E-state index contributed by atoms with van der Waals surface area (Å²) in [5.41, 5.74) is 21.9. The van der Waals surface area contributed by atoms with Gasteiger partial charge >= 0.3 is 0 Å². The van der Waals surface area contributed by atoms with Gasteiger partial charge in [0.1, 0.15) is 11.3 Å². The first kappa shape index (κ1) is 25.9. The van der Waals surface area contributed by atoms with Crippen LogP contribution in [0.5, 0.6) is 0 Å². The molecule has 212 valence electrons. The monoisotopic (exact) mass is 562 g/mol. The van der Waals surface area contributed by atoms with Crippen LogP contribution in [-0.2, 0) is 26.2 Å². The van der Waals surface area contributed by atoms with Crippen molar-refractivity contribution in [1.29, 1.82) is 0 Å². The summed E-state index contributed by atoms with van der Waals surface area (Å²) in [5.74, 6) is 1.49. The molecule has 42 heavy (non-hydrogen) atoms. The Morgan fingerprint density at radius 3 is 1.71 bits per heavy atom. The third-order valence-electron chi connectivity index (χ3n) is 7.47. The third-order valence-corrected chi connectivity index (χ3v) is 7.47. The van der Waals surface area contributed by atoms with Crippen molar-refractivity contribution in [3.63, 3.8) is 0 Å². The largest absolute Gasteiger partial charge is 0.325 e. The van der Waals surface area contributed by atoms with Gasteiger partial charge in [-0.25, -0.2) is 19.3 Å². The standard InChI is InChI=1S/C14H14N8.C14H16N6/c15-19-16-5-12-8-22(20-18-12)9-13-7-21-6-11(10-1-2-10)3-4-14(21)17-13;15-5-12-8-20(18-17-12)9-13-7-19-6-11(10-1-2-10)3-4-14(19)16-13/h3-4,6-8,10H,1-2,5,9H2;3-4,6-8,10H,1-2,5,9,15H2. The maximum absolute atomic E-state index is 8.31. The smallest absolute Gasteiger partial charge is 0.137 e. The number of nitrogens with zero attached hydrogens (tertiary/aromatic N) is 13. The SMILES string of the molecule is NCc1cn(Cc2cn3cc(C4CC4)ccc3n2)nn1.[N-]=[N+]=NCc1cn(Cc2cn3cc(C4CC4)ccc3n2)nn1. The minimum atomic E-state index is 0.215. The first-order valence-corrected chi connectivity index (χ1v) is 14.1. The Bertz CT molecular complexity index is 1890. The van der Waals surface area contributed by atoms with E-state index in [-0.39, 0.29) is 6.54 Å². The van der Waals surface area contributed by atoms with E-state index in [1.807, 2.05) is 12.4 Å². The molecular formula is C28H30N14. The van der Waals surface area contributed by atoms with Gasteiger partial charge in [-0.1, -0.05) is 27.7 Å². The molecule has 2 saturated carbocycles. The molecule has 0 saturated heterocycles. The topological polar surface area (TPSA) is 171 Å². The van der Waals surface area contributed by atoms with Crippen LogP contribution in [-0.4, -0.2) is 48.8 Å². The van der Waals surface area contributed by atoms with Gasteiger partial charge in [0.25, 0.3) is 0 Å². The highest BCUT2D eigenvalue weighted by Gasteiger charge is 2.24. The minimum absolute atomic E-state index is 0.215. The van der Waals surface area contributed by atoms with E-state index in [4.69, 9.17) is 11.3 Å². The van der Waals surface area contributed by atoms with Gasteiger partial charge in [0.15, 0.2) is 0 Å². The molecule has 6 heterocycles. The second-order valence-electron chi connectivity index (χ2n) is 10.9. The molecule has 6 aromatic heterocycles. The van der Waals surface area contributed by atoms with Crippen LogP contribution in [0.25, 0.3) is 21.7 Å². The second kappa shape index (κ2) is 11.1. The van der Waals surface area contributed by atoms with Gasteiger partial charge in [-0.3, -0.25) is 0 Å². The van der Waals surface area contributed by atoms with Gasteiger partial charge in [-0.2, -0.15) is 0 Å². The number of pyridine rings is 2. The van der Waals surface area contributed by atoms with E-state index in [2.05, 4.69) is 92.3 Å². The maximum atomic E-state index is 8.31. The molecule has 6 aromatic rings. The zero-order valence-corrected chi connectivity index (χ0v) is 23.0. The van der Waals surface area contributed by atoms with Crippen molar-refractivity contribution in [3.8, 4) is 0 Å². The Morgan fingerprint density at radius 1 is 0.714 bits per heavy atom. The molecule has 0 atom stereocenters. The quantitative estimate of drug-likeness (QED) is 0.158. The molecule has 0 radical (unpaired) electrons. The first-order chi connectivity index (χ1) is 20.6. The van der Waals surface area contributed by atoms with Crippen molar-refractivity contribution in [2.24, 2.45) is 10.8 Å². The summed E-state index contributed by atoms with van der Waals surface area (Å²) in [6.07, 6.45) is 17.3. The van der Waals surface area contributed by atoms with Crippen LogP contribution in [0.3, 0.4) is 0 Å². The number of fused-ring (bicyclic) bond motifs is 2. The zero-order valence-electron chi connectivity index (χ0n) is 23.0. The van der Waals surface area contributed by atoms with Gasteiger partial charge < -0.3 is 14.5 Å². The Labute approximate surface area is 240 Å². The molecule has 2 N–H and O–H groups in total. The Kier molecular flexibility index (Phi) is 6.82. The Morgan fingerprint density at radius 2 is 1.24 bits per heavy atom. The van der Waals surface area contributed by atoms with E-state index >= 15 is 0 Å². The summed E-state index contributed by atoms with van der Waals surface area (Å²) in [6, 6.07) is 8.50. The van der Waals surface area contributed by atoms with Crippen LogP contribution in [0.1, 0.15) is 71.4 Å². The van der Waals surface area contributed by atoms with Gasteiger partial charge in [-0.15, -0.1) is 10.2 Å². The van der Waals surface area contributed by atoms with Gasteiger partial charge in [-0.05, 0) is 66.3 Å². The lowest BCUT2D eigenvalue weighted by Crippen LogP contribution is -2.00. The first-order valence-electron chi connectivity index (χ1n) is 14.1.